The summed E-state index contributed by atoms with van der Waals surface area (Å²) in [5, 5.41) is 0.567. The summed E-state index contributed by atoms with van der Waals surface area (Å²) in [4.78, 5) is 12.2. The average molecular weight is 305 g/mol. The van der Waals surface area contributed by atoms with E-state index in [1.54, 1.807) is 24.3 Å². The standard InChI is InChI=1S/C16H14F3N3/c1-2-3-8-13-21-14-10-6-4-5-7-12(10)20-9-11(14)15(22-13)16(17,18)19/h4-7,9H,2-3,8H2,1H3. The van der Waals surface area contributed by atoms with E-state index in [0.29, 0.717) is 22.8 Å². The number of nitrogens with zero attached hydrogens (tertiary/aromatic N) is 3. The van der Waals surface area contributed by atoms with Gasteiger partial charge in [0.2, 0.25) is 0 Å². The van der Waals surface area contributed by atoms with Crippen molar-refractivity contribution < 1.29 is 13.2 Å². The lowest BCUT2D eigenvalue weighted by atomic mass is 10.1. The van der Waals surface area contributed by atoms with Gasteiger partial charge < -0.3 is 0 Å². The molecule has 3 aromatic rings. The number of aromatic nitrogens is 3. The fourth-order valence-electron chi connectivity index (χ4n) is 2.43. The first kappa shape index (κ1) is 14.7. The van der Waals surface area contributed by atoms with Gasteiger partial charge in [-0.15, -0.1) is 0 Å². The van der Waals surface area contributed by atoms with E-state index in [4.69, 9.17) is 0 Å². The molecule has 0 spiro atoms. The number of unbranched alkanes of at least 4 members (excludes halogenated alkanes) is 1. The second-order valence-corrected chi connectivity index (χ2v) is 5.13. The molecule has 1 aromatic carbocycles. The van der Waals surface area contributed by atoms with E-state index in [0.717, 1.165) is 12.8 Å². The van der Waals surface area contributed by atoms with Crippen LogP contribution in [0.5, 0.6) is 0 Å². The third kappa shape index (κ3) is 2.61. The quantitative estimate of drug-likeness (QED) is 0.667. The molecular formula is C16H14F3N3. The van der Waals surface area contributed by atoms with E-state index in [1.165, 1.54) is 6.20 Å². The van der Waals surface area contributed by atoms with Crippen LogP contribution in [0.25, 0.3) is 21.8 Å². The lowest BCUT2D eigenvalue weighted by molar-refractivity contribution is -0.140. The van der Waals surface area contributed by atoms with Crippen LogP contribution in [0.15, 0.2) is 30.5 Å². The maximum absolute atomic E-state index is 13.3. The molecule has 3 nitrogen and oxygen atoms in total. The number of pyridine rings is 1. The van der Waals surface area contributed by atoms with Crippen LogP contribution in [-0.2, 0) is 12.6 Å². The van der Waals surface area contributed by atoms with Gasteiger partial charge in [-0.05, 0) is 12.5 Å². The predicted octanol–water partition coefficient (Wildman–Crippen LogP) is 4.54. The Balaban J connectivity index is 2.34. The smallest absolute Gasteiger partial charge is 0.255 e. The second kappa shape index (κ2) is 5.51. The molecule has 2 aromatic heterocycles. The number of rotatable bonds is 3. The van der Waals surface area contributed by atoms with Gasteiger partial charge >= 0.3 is 6.18 Å². The number of aryl methyl sites for hydroxylation is 1. The molecule has 22 heavy (non-hydrogen) atoms. The summed E-state index contributed by atoms with van der Waals surface area (Å²) in [5.74, 6) is 0.234. The number of halogens is 3. The fraction of sp³-hybridized carbons (Fsp3) is 0.312. The summed E-state index contributed by atoms with van der Waals surface area (Å²) in [6.45, 7) is 1.98. The normalized spacial score (nSPS) is 12.2. The van der Waals surface area contributed by atoms with E-state index in [-0.39, 0.29) is 11.2 Å². The highest BCUT2D eigenvalue weighted by Crippen LogP contribution is 2.34. The van der Waals surface area contributed by atoms with Crippen molar-refractivity contribution in [1.29, 1.82) is 0 Å². The van der Waals surface area contributed by atoms with Crippen LogP contribution < -0.4 is 0 Å². The molecule has 0 saturated heterocycles. The number of para-hydroxylation sites is 1. The van der Waals surface area contributed by atoms with E-state index in [9.17, 15) is 13.2 Å². The Morgan fingerprint density at radius 2 is 1.82 bits per heavy atom. The van der Waals surface area contributed by atoms with Gasteiger partial charge in [-0.1, -0.05) is 31.5 Å². The monoisotopic (exact) mass is 305 g/mol. The van der Waals surface area contributed by atoms with Gasteiger partial charge in [0.1, 0.15) is 5.82 Å². The maximum atomic E-state index is 13.3. The van der Waals surface area contributed by atoms with Crippen molar-refractivity contribution in [2.24, 2.45) is 0 Å². The Kier molecular flexibility index (Phi) is 3.68. The van der Waals surface area contributed by atoms with E-state index >= 15 is 0 Å². The summed E-state index contributed by atoms with van der Waals surface area (Å²) in [6.07, 6.45) is -1.24. The van der Waals surface area contributed by atoms with Crippen molar-refractivity contribution in [3.63, 3.8) is 0 Å². The third-order valence-corrected chi connectivity index (χ3v) is 3.51. The van der Waals surface area contributed by atoms with Gasteiger partial charge in [-0.3, -0.25) is 4.98 Å². The lowest BCUT2D eigenvalue weighted by Gasteiger charge is -2.12. The van der Waals surface area contributed by atoms with Gasteiger partial charge in [-0.25, -0.2) is 9.97 Å². The molecule has 0 N–H and O–H groups in total. The minimum Gasteiger partial charge on any atom is -0.255 e. The molecule has 2 heterocycles. The molecule has 0 unspecified atom stereocenters. The molecule has 0 aliphatic heterocycles. The molecule has 3 rings (SSSR count). The zero-order valence-corrected chi connectivity index (χ0v) is 12.0. The van der Waals surface area contributed by atoms with Gasteiger partial charge in [-0.2, -0.15) is 13.2 Å². The molecule has 0 atom stereocenters. The van der Waals surface area contributed by atoms with Gasteiger partial charge in [0.25, 0.3) is 0 Å². The van der Waals surface area contributed by atoms with Gasteiger partial charge in [0.05, 0.1) is 16.4 Å². The molecule has 6 heteroatoms. The molecule has 0 amide bonds. The Hall–Kier alpha value is -2.24. The van der Waals surface area contributed by atoms with E-state index < -0.39 is 11.9 Å². The zero-order valence-electron chi connectivity index (χ0n) is 12.0. The molecule has 0 fully saturated rings. The topological polar surface area (TPSA) is 38.7 Å². The van der Waals surface area contributed by atoms with Crippen molar-refractivity contribution in [3.8, 4) is 0 Å². The zero-order chi connectivity index (χ0) is 15.7. The second-order valence-electron chi connectivity index (χ2n) is 5.13. The molecule has 0 aliphatic rings. The molecule has 0 radical (unpaired) electrons. The van der Waals surface area contributed by atoms with Gasteiger partial charge in [0.15, 0.2) is 5.69 Å². The Bertz CT molecular complexity index is 828. The Morgan fingerprint density at radius 3 is 2.55 bits per heavy atom. The summed E-state index contributed by atoms with van der Waals surface area (Å²) < 4.78 is 39.9. The van der Waals surface area contributed by atoms with Crippen molar-refractivity contribution in [2.45, 2.75) is 32.4 Å². The van der Waals surface area contributed by atoms with Crippen molar-refractivity contribution in [3.05, 3.63) is 42.0 Å². The molecule has 0 saturated carbocycles. The Morgan fingerprint density at radius 1 is 1.05 bits per heavy atom. The largest absolute Gasteiger partial charge is 0.434 e. The van der Waals surface area contributed by atoms with Crippen molar-refractivity contribution in [1.82, 2.24) is 15.0 Å². The summed E-state index contributed by atoms with van der Waals surface area (Å²) >= 11 is 0. The minimum atomic E-state index is -4.52. The molecule has 0 bridgehead atoms. The molecular weight excluding hydrogens is 291 g/mol. The first-order valence-corrected chi connectivity index (χ1v) is 7.12. The highest BCUT2D eigenvalue weighted by atomic mass is 19.4. The van der Waals surface area contributed by atoms with Crippen LogP contribution in [0.4, 0.5) is 13.2 Å². The highest BCUT2D eigenvalue weighted by molar-refractivity contribution is 6.03. The lowest BCUT2D eigenvalue weighted by Crippen LogP contribution is -2.12. The van der Waals surface area contributed by atoms with Crippen LogP contribution in [0.1, 0.15) is 31.3 Å². The SMILES string of the molecule is CCCCc1nc(C(F)(F)F)c2cnc3ccccc3c2n1. The summed E-state index contributed by atoms with van der Waals surface area (Å²) in [7, 11) is 0. The number of alkyl halides is 3. The van der Waals surface area contributed by atoms with Crippen LogP contribution >= 0.6 is 0 Å². The number of hydrogen-bond donors (Lipinski definition) is 0. The maximum Gasteiger partial charge on any atom is 0.434 e. The predicted molar refractivity (Wildman–Crippen MR) is 78.5 cm³/mol. The average Bonchev–Trinajstić information content (AvgIpc) is 2.51. The van der Waals surface area contributed by atoms with Crippen LogP contribution in [0, 0.1) is 0 Å². The fourth-order valence-corrected chi connectivity index (χ4v) is 2.43. The molecule has 114 valence electrons. The number of benzene rings is 1. The number of hydrogen-bond acceptors (Lipinski definition) is 3. The van der Waals surface area contributed by atoms with Crippen LogP contribution in [0.3, 0.4) is 0 Å². The summed E-state index contributed by atoms with van der Waals surface area (Å²) in [5.41, 5.74) is 0.0455. The highest BCUT2D eigenvalue weighted by Gasteiger charge is 2.35. The van der Waals surface area contributed by atoms with Crippen LogP contribution in [-0.4, -0.2) is 15.0 Å². The first-order chi connectivity index (χ1) is 10.5. The summed E-state index contributed by atoms with van der Waals surface area (Å²) in [6, 6.07) is 7.06. The van der Waals surface area contributed by atoms with Crippen molar-refractivity contribution in [2.75, 3.05) is 0 Å². The number of fused-ring (bicyclic) bond motifs is 3. The Labute approximate surface area is 125 Å². The van der Waals surface area contributed by atoms with E-state index in [1.807, 2.05) is 6.92 Å². The minimum absolute atomic E-state index is 0.0496. The van der Waals surface area contributed by atoms with Gasteiger partial charge in [0, 0.05) is 18.0 Å². The van der Waals surface area contributed by atoms with Crippen molar-refractivity contribution >= 4 is 21.8 Å². The third-order valence-electron chi connectivity index (χ3n) is 3.51. The van der Waals surface area contributed by atoms with E-state index in [2.05, 4.69) is 15.0 Å². The van der Waals surface area contributed by atoms with Crippen LogP contribution in [0.2, 0.25) is 0 Å². The molecule has 0 aliphatic carbocycles. The first-order valence-electron chi connectivity index (χ1n) is 7.12.